The molecule has 3 rings (SSSR count). The third-order valence-corrected chi connectivity index (χ3v) is 4.52. The molecule has 1 unspecified atom stereocenters. The third kappa shape index (κ3) is 3.97. The molecule has 6 heteroatoms. The lowest BCUT2D eigenvalue weighted by Gasteiger charge is -2.14. The van der Waals surface area contributed by atoms with E-state index in [0.717, 1.165) is 12.0 Å². The van der Waals surface area contributed by atoms with Gasteiger partial charge in [0.05, 0.1) is 13.2 Å². The molecule has 0 saturated heterocycles. The van der Waals surface area contributed by atoms with Gasteiger partial charge in [-0.15, -0.1) is 0 Å². The van der Waals surface area contributed by atoms with Gasteiger partial charge >= 0.3 is 0 Å². The number of benzene rings is 2. The van der Waals surface area contributed by atoms with E-state index in [1.165, 1.54) is 12.1 Å². The van der Waals surface area contributed by atoms with E-state index in [4.69, 9.17) is 13.9 Å². The van der Waals surface area contributed by atoms with Crippen molar-refractivity contribution in [3.05, 3.63) is 52.2 Å². The minimum Gasteiger partial charge on any atom is -0.508 e. The van der Waals surface area contributed by atoms with Gasteiger partial charge < -0.3 is 24.1 Å². The molecule has 2 N–H and O–H groups in total. The lowest BCUT2D eigenvalue weighted by Crippen LogP contribution is -2.03. The second-order valence-electron chi connectivity index (χ2n) is 6.77. The van der Waals surface area contributed by atoms with Crippen LogP contribution in [-0.4, -0.2) is 30.5 Å². The molecule has 1 heterocycles. The molecule has 0 aliphatic heterocycles. The summed E-state index contributed by atoms with van der Waals surface area (Å²) in [5.41, 5.74) is 1.17. The van der Waals surface area contributed by atoms with E-state index in [9.17, 15) is 15.0 Å². The van der Waals surface area contributed by atoms with E-state index >= 15 is 0 Å². The molecular weight excluding hydrogens is 360 g/mol. The highest BCUT2D eigenvalue weighted by molar-refractivity contribution is 5.86. The average molecular weight is 384 g/mol. The number of phenolic OH excluding ortho intramolecular Hbond substituents is 2. The van der Waals surface area contributed by atoms with Gasteiger partial charge in [0.2, 0.25) is 0 Å². The zero-order chi connectivity index (χ0) is 20.3. The van der Waals surface area contributed by atoms with Crippen molar-refractivity contribution in [1.29, 1.82) is 0 Å². The van der Waals surface area contributed by atoms with Crippen LogP contribution in [0.2, 0.25) is 0 Å². The SMILES string of the molecule is CCCOc1cc(O)c2c(=O)cc(-c3ccc(C(C)COC)c(O)c3)oc2c1. The number of methoxy groups -OCH3 is 1. The van der Waals surface area contributed by atoms with Gasteiger partial charge in [0.1, 0.15) is 34.0 Å². The monoisotopic (exact) mass is 384 g/mol. The van der Waals surface area contributed by atoms with E-state index in [1.54, 1.807) is 31.4 Å². The first-order valence-electron chi connectivity index (χ1n) is 9.20. The van der Waals surface area contributed by atoms with E-state index in [2.05, 4.69) is 0 Å². The maximum Gasteiger partial charge on any atom is 0.197 e. The van der Waals surface area contributed by atoms with Crippen molar-refractivity contribution in [2.75, 3.05) is 20.3 Å². The molecule has 0 radical (unpaired) electrons. The van der Waals surface area contributed by atoms with Crippen LogP contribution in [-0.2, 0) is 4.74 Å². The molecule has 0 fully saturated rings. The molecule has 2 aromatic carbocycles. The molecular formula is C22H24O6. The molecule has 148 valence electrons. The van der Waals surface area contributed by atoms with Gasteiger partial charge in [0, 0.05) is 36.8 Å². The molecule has 1 atom stereocenters. The molecule has 3 aromatic rings. The summed E-state index contributed by atoms with van der Waals surface area (Å²) in [6.45, 7) is 4.90. The zero-order valence-corrected chi connectivity index (χ0v) is 16.2. The summed E-state index contributed by atoms with van der Waals surface area (Å²) in [4.78, 5) is 12.5. The Hall–Kier alpha value is -2.99. The molecule has 0 spiro atoms. The van der Waals surface area contributed by atoms with Crippen LogP contribution in [0.4, 0.5) is 0 Å². The topological polar surface area (TPSA) is 89.1 Å². The Morgan fingerprint density at radius 1 is 1.11 bits per heavy atom. The molecule has 0 amide bonds. The Morgan fingerprint density at radius 3 is 2.57 bits per heavy atom. The average Bonchev–Trinajstić information content (AvgIpc) is 2.65. The quantitative estimate of drug-likeness (QED) is 0.627. The van der Waals surface area contributed by atoms with Gasteiger partial charge in [-0.05, 0) is 18.1 Å². The molecule has 0 aliphatic rings. The van der Waals surface area contributed by atoms with Crippen LogP contribution >= 0.6 is 0 Å². The number of hydrogen-bond acceptors (Lipinski definition) is 6. The van der Waals surface area contributed by atoms with E-state index in [-0.39, 0.29) is 33.8 Å². The number of phenols is 2. The van der Waals surface area contributed by atoms with Crippen LogP contribution in [0.25, 0.3) is 22.3 Å². The Balaban J connectivity index is 2.06. The summed E-state index contributed by atoms with van der Waals surface area (Å²) >= 11 is 0. The number of fused-ring (bicyclic) bond motifs is 1. The summed E-state index contributed by atoms with van der Waals surface area (Å²) in [6, 6.07) is 9.43. The van der Waals surface area contributed by atoms with E-state index in [1.807, 2.05) is 13.8 Å². The van der Waals surface area contributed by atoms with Crippen LogP contribution in [0.15, 0.2) is 45.6 Å². The number of aromatic hydroxyl groups is 2. The summed E-state index contributed by atoms with van der Waals surface area (Å²) in [5.74, 6) is 0.672. The predicted octanol–water partition coefficient (Wildman–Crippen LogP) is 4.41. The Kier molecular flexibility index (Phi) is 5.90. The first-order chi connectivity index (χ1) is 13.4. The van der Waals surface area contributed by atoms with Crippen LogP contribution in [0, 0.1) is 0 Å². The van der Waals surface area contributed by atoms with Gasteiger partial charge in [0.25, 0.3) is 0 Å². The van der Waals surface area contributed by atoms with Crippen LogP contribution in [0.3, 0.4) is 0 Å². The van der Waals surface area contributed by atoms with Crippen LogP contribution in [0.1, 0.15) is 31.7 Å². The first kappa shape index (κ1) is 19.8. The second kappa shape index (κ2) is 8.35. The van der Waals surface area contributed by atoms with Gasteiger partial charge in [0.15, 0.2) is 5.43 Å². The van der Waals surface area contributed by atoms with Crippen LogP contribution in [0.5, 0.6) is 17.2 Å². The van der Waals surface area contributed by atoms with E-state index < -0.39 is 0 Å². The Morgan fingerprint density at radius 2 is 1.89 bits per heavy atom. The lowest BCUT2D eigenvalue weighted by molar-refractivity contribution is 0.183. The van der Waals surface area contributed by atoms with Crippen molar-refractivity contribution in [3.63, 3.8) is 0 Å². The standard InChI is InChI=1S/C22H24O6/c1-4-7-27-15-9-18(24)22-19(25)11-20(28-21(22)10-15)14-5-6-16(17(23)8-14)13(2)12-26-3/h5-6,8-11,13,23-24H,4,7,12H2,1-3H3. The van der Waals surface area contributed by atoms with Crippen molar-refractivity contribution in [2.45, 2.75) is 26.2 Å². The highest BCUT2D eigenvalue weighted by Gasteiger charge is 2.15. The van der Waals surface area contributed by atoms with Crippen LogP contribution < -0.4 is 10.2 Å². The number of rotatable bonds is 7. The normalized spacial score (nSPS) is 12.2. The van der Waals surface area contributed by atoms with Crippen molar-refractivity contribution in [3.8, 4) is 28.6 Å². The molecule has 6 nitrogen and oxygen atoms in total. The predicted molar refractivity (Wildman–Crippen MR) is 107 cm³/mol. The highest BCUT2D eigenvalue weighted by Crippen LogP contribution is 2.34. The smallest absolute Gasteiger partial charge is 0.197 e. The number of ether oxygens (including phenoxy) is 2. The molecule has 28 heavy (non-hydrogen) atoms. The maximum atomic E-state index is 12.5. The Bertz CT molecular complexity index is 1040. The fraction of sp³-hybridized carbons (Fsp3) is 0.318. The largest absolute Gasteiger partial charge is 0.508 e. The third-order valence-electron chi connectivity index (χ3n) is 4.52. The van der Waals surface area contributed by atoms with Gasteiger partial charge in [-0.25, -0.2) is 0 Å². The lowest BCUT2D eigenvalue weighted by atomic mass is 9.98. The minimum atomic E-state index is -0.368. The summed E-state index contributed by atoms with van der Waals surface area (Å²) in [6.07, 6.45) is 0.815. The van der Waals surface area contributed by atoms with Crippen molar-refractivity contribution in [2.24, 2.45) is 0 Å². The maximum absolute atomic E-state index is 12.5. The number of hydrogen-bond donors (Lipinski definition) is 2. The minimum absolute atomic E-state index is 0.0258. The Labute approximate surface area is 163 Å². The van der Waals surface area contributed by atoms with Gasteiger partial charge in [-0.2, -0.15) is 0 Å². The summed E-state index contributed by atoms with van der Waals surface area (Å²) in [7, 11) is 1.61. The molecule has 0 saturated carbocycles. The highest BCUT2D eigenvalue weighted by atomic mass is 16.5. The van der Waals surface area contributed by atoms with E-state index in [0.29, 0.717) is 30.3 Å². The first-order valence-corrected chi connectivity index (χ1v) is 9.20. The summed E-state index contributed by atoms with van der Waals surface area (Å²) in [5, 5.41) is 20.7. The fourth-order valence-corrected chi connectivity index (χ4v) is 3.14. The summed E-state index contributed by atoms with van der Waals surface area (Å²) < 4.78 is 16.5. The zero-order valence-electron chi connectivity index (χ0n) is 16.2. The molecule has 0 bridgehead atoms. The van der Waals surface area contributed by atoms with Crippen molar-refractivity contribution >= 4 is 11.0 Å². The fourth-order valence-electron chi connectivity index (χ4n) is 3.14. The molecule has 0 aliphatic carbocycles. The van der Waals surface area contributed by atoms with Crippen molar-refractivity contribution < 1.29 is 24.1 Å². The second-order valence-corrected chi connectivity index (χ2v) is 6.77. The molecule has 1 aromatic heterocycles. The van der Waals surface area contributed by atoms with Gasteiger partial charge in [-0.1, -0.05) is 26.0 Å². The van der Waals surface area contributed by atoms with Crippen molar-refractivity contribution in [1.82, 2.24) is 0 Å². The van der Waals surface area contributed by atoms with Gasteiger partial charge in [-0.3, -0.25) is 4.79 Å².